The van der Waals surface area contributed by atoms with Gasteiger partial charge in [-0.1, -0.05) is 143 Å². The predicted octanol–water partition coefficient (Wildman–Crippen LogP) is 11.1. The number of rotatable bonds is 19. The van der Waals surface area contributed by atoms with Crippen molar-refractivity contribution in [3.63, 3.8) is 0 Å². The van der Waals surface area contributed by atoms with Crippen molar-refractivity contribution >= 4 is 43.3 Å². The maximum absolute atomic E-state index is 13.8. The minimum atomic E-state index is -0.0886. The zero-order chi connectivity index (χ0) is 27.2. The van der Waals surface area contributed by atoms with Crippen molar-refractivity contribution in [3.8, 4) is 0 Å². The Morgan fingerprint density at radius 2 is 1.21 bits per heavy atom. The van der Waals surface area contributed by atoms with Gasteiger partial charge in [-0.05, 0) is 66.5 Å². The lowest BCUT2D eigenvalue weighted by molar-refractivity contribution is 0.0832. The molecular formula is C35H50BrNO. The van der Waals surface area contributed by atoms with E-state index in [0.29, 0.717) is 0 Å². The second kappa shape index (κ2) is 17.1. The first-order valence-electron chi connectivity index (χ1n) is 15.5. The number of fused-ring (bicyclic) bond motifs is 3. The largest absolute Gasteiger partial charge is 0.294 e. The summed E-state index contributed by atoms with van der Waals surface area (Å²) >= 11 is 3.73. The van der Waals surface area contributed by atoms with Crippen molar-refractivity contribution in [2.45, 2.75) is 117 Å². The molecule has 3 aromatic rings. The lowest BCUT2D eigenvalue weighted by Gasteiger charge is -2.28. The molecule has 1 atom stereocenters. The Labute approximate surface area is 240 Å². The van der Waals surface area contributed by atoms with Crippen LogP contribution in [0.2, 0.25) is 0 Å². The van der Waals surface area contributed by atoms with Gasteiger partial charge < -0.3 is 0 Å². The summed E-state index contributed by atoms with van der Waals surface area (Å²) in [5, 5.41) is 4.72. The third kappa shape index (κ3) is 9.19. The summed E-state index contributed by atoms with van der Waals surface area (Å²) in [6, 6.07) is 16.8. The van der Waals surface area contributed by atoms with Crippen molar-refractivity contribution in [1.29, 1.82) is 0 Å². The van der Waals surface area contributed by atoms with Crippen LogP contribution in [0.5, 0.6) is 0 Å². The standard InChI is InChI=1S/C35H50BrNO/c1-4-6-8-10-12-14-18-24-37(25-19-15-13-11-9-7-5-2)28(3)35(38)30-23-22-29-27-34(36)32-21-17-16-20-31(32)33(29)26-30/h16-17,20-23,26-28H,4-15,18-19,24-25H2,1-3H3/t28-/m0/s1. The highest BCUT2D eigenvalue weighted by Crippen LogP contribution is 2.32. The third-order valence-corrected chi connectivity index (χ3v) is 8.78. The molecule has 0 aliphatic rings. The van der Waals surface area contributed by atoms with E-state index in [1.807, 2.05) is 6.07 Å². The predicted molar refractivity (Wildman–Crippen MR) is 171 cm³/mol. The first-order valence-corrected chi connectivity index (χ1v) is 16.2. The number of hydrogen-bond acceptors (Lipinski definition) is 2. The first-order chi connectivity index (χ1) is 18.6. The molecule has 0 heterocycles. The van der Waals surface area contributed by atoms with E-state index in [2.05, 4.69) is 84.1 Å². The van der Waals surface area contributed by atoms with Gasteiger partial charge >= 0.3 is 0 Å². The van der Waals surface area contributed by atoms with Crippen molar-refractivity contribution in [1.82, 2.24) is 4.90 Å². The Morgan fingerprint density at radius 1 is 0.684 bits per heavy atom. The van der Waals surface area contributed by atoms with Crippen LogP contribution in [0.25, 0.3) is 21.5 Å². The van der Waals surface area contributed by atoms with Crippen LogP contribution in [-0.4, -0.2) is 29.8 Å². The van der Waals surface area contributed by atoms with Crippen LogP contribution >= 0.6 is 15.9 Å². The van der Waals surface area contributed by atoms with Crippen molar-refractivity contribution in [2.75, 3.05) is 13.1 Å². The van der Waals surface area contributed by atoms with Gasteiger partial charge in [0.05, 0.1) is 6.04 Å². The molecule has 0 aliphatic heterocycles. The summed E-state index contributed by atoms with van der Waals surface area (Å²) in [5.74, 6) is 0.254. The zero-order valence-electron chi connectivity index (χ0n) is 24.2. The quantitative estimate of drug-likeness (QED) is 0.0799. The number of halogens is 1. The maximum atomic E-state index is 13.8. The number of Topliss-reactive ketones (excluding diaryl/α,β-unsaturated/α-hetero) is 1. The number of ketones is 1. The van der Waals surface area contributed by atoms with Crippen LogP contribution in [0, 0.1) is 0 Å². The van der Waals surface area contributed by atoms with E-state index in [-0.39, 0.29) is 11.8 Å². The zero-order valence-corrected chi connectivity index (χ0v) is 25.8. The fraction of sp³-hybridized carbons (Fsp3) is 0.571. The fourth-order valence-electron chi connectivity index (χ4n) is 5.66. The molecule has 0 radical (unpaired) electrons. The lowest BCUT2D eigenvalue weighted by Crippen LogP contribution is -2.40. The van der Waals surface area contributed by atoms with Crippen LogP contribution in [0.4, 0.5) is 0 Å². The molecule has 208 valence electrons. The van der Waals surface area contributed by atoms with E-state index in [4.69, 9.17) is 0 Å². The molecule has 0 aliphatic carbocycles. The topological polar surface area (TPSA) is 20.3 Å². The Bertz CT molecular complexity index is 1110. The van der Waals surface area contributed by atoms with Gasteiger partial charge in [0.15, 0.2) is 5.78 Å². The number of unbranched alkanes of at least 4 members (excludes halogenated alkanes) is 12. The Balaban J connectivity index is 1.67. The second-order valence-corrected chi connectivity index (χ2v) is 12.0. The first kappa shape index (κ1) is 30.8. The molecule has 2 nitrogen and oxygen atoms in total. The Kier molecular flexibility index (Phi) is 13.9. The highest BCUT2D eigenvalue weighted by atomic mass is 79.9. The smallest absolute Gasteiger partial charge is 0.179 e. The summed E-state index contributed by atoms with van der Waals surface area (Å²) in [6.07, 6.45) is 18.3. The monoisotopic (exact) mass is 579 g/mol. The molecule has 3 rings (SSSR count). The molecule has 0 spiro atoms. The van der Waals surface area contributed by atoms with Crippen LogP contribution in [0.15, 0.2) is 53.0 Å². The molecular weight excluding hydrogens is 530 g/mol. The average molecular weight is 581 g/mol. The SMILES string of the molecule is CCCCCCCCCN(CCCCCCCCC)[C@@H](C)C(=O)c1ccc2cc(Br)c3ccccc3c2c1. The molecule has 38 heavy (non-hydrogen) atoms. The summed E-state index contributed by atoms with van der Waals surface area (Å²) in [6.45, 7) is 8.74. The van der Waals surface area contributed by atoms with E-state index in [1.165, 1.54) is 106 Å². The van der Waals surface area contributed by atoms with E-state index >= 15 is 0 Å². The van der Waals surface area contributed by atoms with E-state index in [1.54, 1.807) is 0 Å². The molecule has 0 amide bonds. The molecule has 0 saturated carbocycles. The van der Waals surface area contributed by atoms with Gasteiger partial charge in [0.1, 0.15) is 0 Å². The van der Waals surface area contributed by atoms with Gasteiger partial charge in [-0.15, -0.1) is 0 Å². The van der Waals surface area contributed by atoms with Gasteiger partial charge in [0.25, 0.3) is 0 Å². The summed E-state index contributed by atoms with van der Waals surface area (Å²) in [5.41, 5.74) is 0.835. The summed E-state index contributed by atoms with van der Waals surface area (Å²) in [4.78, 5) is 16.3. The average Bonchev–Trinajstić information content (AvgIpc) is 2.94. The van der Waals surface area contributed by atoms with Crippen LogP contribution in [-0.2, 0) is 0 Å². The lowest BCUT2D eigenvalue weighted by atomic mass is 9.96. The number of benzene rings is 3. The normalized spacial score (nSPS) is 12.6. The molecule has 3 aromatic carbocycles. The highest BCUT2D eigenvalue weighted by molar-refractivity contribution is 9.10. The maximum Gasteiger partial charge on any atom is 0.179 e. The second-order valence-electron chi connectivity index (χ2n) is 11.2. The van der Waals surface area contributed by atoms with Crippen LogP contribution in [0.3, 0.4) is 0 Å². The molecule has 0 unspecified atom stereocenters. The number of carbonyl (C=O) groups is 1. The summed E-state index contributed by atoms with van der Waals surface area (Å²) < 4.78 is 1.10. The fourth-order valence-corrected chi connectivity index (χ4v) is 6.25. The Hall–Kier alpha value is -1.71. The molecule has 0 fully saturated rings. The molecule has 0 aromatic heterocycles. The van der Waals surface area contributed by atoms with Crippen molar-refractivity contribution in [2.24, 2.45) is 0 Å². The molecule has 3 heteroatoms. The number of hydrogen-bond donors (Lipinski definition) is 0. The molecule has 0 N–H and O–H groups in total. The minimum absolute atomic E-state index is 0.0886. The van der Waals surface area contributed by atoms with Crippen LogP contribution < -0.4 is 0 Å². The van der Waals surface area contributed by atoms with Gasteiger partial charge in [0, 0.05) is 10.0 Å². The van der Waals surface area contributed by atoms with Gasteiger partial charge in [-0.25, -0.2) is 0 Å². The molecule has 0 bridgehead atoms. The minimum Gasteiger partial charge on any atom is -0.294 e. The summed E-state index contributed by atoms with van der Waals surface area (Å²) in [7, 11) is 0. The van der Waals surface area contributed by atoms with Gasteiger partial charge in [0.2, 0.25) is 0 Å². The van der Waals surface area contributed by atoms with Crippen LogP contribution in [0.1, 0.15) is 121 Å². The Morgan fingerprint density at radius 3 is 1.79 bits per heavy atom. The molecule has 0 saturated heterocycles. The highest BCUT2D eigenvalue weighted by Gasteiger charge is 2.22. The van der Waals surface area contributed by atoms with Gasteiger partial charge in [-0.2, -0.15) is 0 Å². The number of carbonyl (C=O) groups excluding carboxylic acids is 1. The third-order valence-electron chi connectivity index (χ3n) is 8.12. The van der Waals surface area contributed by atoms with E-state index in [0.717, 1.165) is 28.5 Å². The van der Waals surface area contributed by atoms with E-state index in [9.17, 15) is 4.79 Å². The van der Waals surface area contributed by atoms with Gasteiger partial charge in [-0.3, -0.25) is 9.69 Å². The van der Waals surface area contributed by atoms with Crippen molar-refractivity contribution < 1.29 is 4.79 Å². The number of nitrogens with zero attached hydrogens (tertiary/aromatic N) is 1. The van der Waals surface area contributed by atoms with Crippen molar-refractivity contribution in [3.05, 3.63) is 58.6 Å². The van der Waals surface area contributed by atoms with E-state index < -0.39 is 0 Å².